The molecule has 0 bridgehead atoms. The second kappa shape index (κ2) is 6.83. The quantitative estimate of drug-likeness (QED) is 0.841. The smallest absolute Gasteiger partial charge is 0.266 e. The standard InChI is InChI=1S/C17H17ClN2O2S/c18-15-10-8-14(9-11-15)17(21)19-23(22,20-12-4-5-13-20)16-6-2-1-3-7-16/h1-3,6-11H,4-5,12-13H2. The normalized spacial score (nSPS) is 17.6. The third-order valence-corrected chi connectivity index (χ3v) is 6.38. The summed E-state index contributed by atoms with van der Waals surface area (Å²) < 4.78 is 19.5. The minimum atomic E-state index is -2.93. The number of amides is 1. The van der Waals surface area contributed by atoms with Gasteiger partial charge >= 0.3 is 0 Å². The Bertz CT molecular complexity index is 806. The average molecular weight is 349 g/mol. The molecule has 120 valence electrons. The van der Waals surface area contributed by atoms with Gasteiger partial charge in [-0.2, -0.15) is 0 Å². The van der Waals surface area contributed by atoms with E-state index in [4.69, 9.17) is 11.6 Å². The number of nitrogens with zero attached hydrogens (tertiary/aromatic N) is 2. The summed E-state index contributed by atoms with van der Waals surface area (Å²) in [7, 11) is -2.93. The molecular weight excluding hydrogens is 332 g/mol. The van der Waals surface area contributed by atoms with E-state index in [0.29, 0.717) is 28.6 Å². The van der Waals surface area contributed by atoms with Crippen LogP contribution in [0.4, 0.5) is 0 Å². The highest BCUT2D eigenvalue weighted by molar-refractivity contribution is 7.91. The predicted molar refractivity (Wildman–Crippen MR) is 91.9 cm³/mol. The highest BCUT2D eigenvalue weighted by Crippen LogP contribution is 2.24. The van der Waals surface area contributed by atoms with E-state index in [1.165, 1.54) is 0 Å². The third kappa shape index (κ3) is 3.47. The van der Waals surface area contributed by atoms with Gasteiger partial charge in [-0.05, 0) is 49.2 Å². The Morgan fingerprint density at radius 2 is 1.61 bits per heavy atom. The van der Waals surface area contributed by atoms with Crippen LogP contribution in [0.15, 0.2) is 63.9 Å². The van der Waals surface area contributed by atoms with Gasteiger partial charge in [-0.1, -0.05) is 29.8 Å². The maximum atomic E-state index is 13.6. The molecule has 1 heterocycles. The molecule has 23 heavy (non-hydrogen) atoms. The van der Waals surface area contributed by atoms with Gasteiger partial charge in [0.25, 0.3) is 5.91 Å². The molecule has 6 heteroatoms. The predicted octanol–water partition coefficient (Wildman–Crippen LogP) is 4.02. The Labute approximate surface area is 141 Å². The molecule has 2 aromatic carbocycles. The lowest BCUT2D eigenvalue weighted by atomic mass is 10.2. The van der Waals surface area contributed by atoms with Crippen LogP contribution in [0.2, 0.25) is 5.02 Å². The second-order valence-corrected chi connectivity index (χ2v) is 7.95. The SMILES string of the molecule is O=C(N=S(=O)(c1ccccc1)N1CCCC1)c1ccc(Cl)cc1. The number of hydrogen-bond donors (Lipinski definition) is 0. The van der Waals surface area contributed by atoms with Gasteiger partial charge in [0.15, 0.2) is 0 Å². The van der Waals surface area contributed by atoms with Crippen LogP contribution in [-0.2, 0) is 9.92 Å². The zero-order valence-electron chi connectivity index (χ0n) is 12.5. The van der Waals surface area contributed by atoms with Gasteiger partial charge in [0, 0.05) is 23.7 Å². The summed E-state index contributed by atoms with van der Waals surface area (Å²) in [6.07, 6.45) is 1.93. The van der Waals surface area contributed by atoms with Gasteiger partial charge < -0.3 is 0 Å². The monoisotopic (exact) mass is 348 g/mol. The summed E-state index contributed by atoms with van der Waals surface area (Å²) in [5.41, 5.74) is 0.386. The molecule has 0 N–H and O–H groups in total. The van der Waals surface area contributed by atoms with Crippen molar-refractivity contribution in [3.8, 4) is 0 Å². The molecule has 1 aliphatic rings. The highest BCUT2D eigenvalue weighted by Gasteiger charge is 2.27. The molecule has 1 amide bonds. The van der Waals surface area contributed by atoms with Crippen LogP contribution in [0.25, 0.3) is 0 Å². The molecule has 0 aromatic heterocycles. The van der Waals surface area contributed by atoms with Gasteiger partial charge in [-0.3, -0.25) is 4.79 Å². The van der Waals surface area contributed by atoms with E-state index in [2.05, 4.69) is 4.36 Å². The molecule has 1 fully saturated rings. The van der Waals surface area contributed by atoms with Crippen LogP contribution >= 0.6 is 11.6 Å². The van der Waals surface area contributed by atoms with Crippen molar-refractivity contribution in [2.24, 2.45) is 4.36 Å². The number of carbonyl (C=O) groups is 1. The minimum absolute atomic E-state index is 0.386. The van der Waals surface area contributed by atoms with Crippen molar-refractivity contribution in [2.45, 2.75) is 17.7 Å². The van der Waals surface area contributed by atoms with Crippen molar-refractivity contribution in [1.82, 2.24) is 4.31 Å². The van der Waals surface area contributed by atoms with Crippen LogP contribution in [0.1, 0.15) is 23.2 Å². The molecule has 0 radical (unpaired) electrons. The lowest BCUT2D eigenvalue weighted by Gasteiger charge is -2.20. The lowest BCUT2D eigenvalue weighted by molar-refractivity contribution is 0.100. The fourth-order valence-electron chi connectivity index (χ4n) is 2.55. The Morgan fingerprint density at radius 1 is 1.00 bits per heavy atom. The fourth-order valence-corrected chi connectivity index (χ4v) is 4.79. The molecule has 1 unspecified atom stereocenters. The summed E-state index contributed by atoms with van der Waals surface area (Å²) >= 11 is 5.84. The zero-order valence-corrected chi connectivity index (χ0v) is 14.1. The van der Waals surface area contributed by atoms with Gasteiger partial charge in [0.2, 0.25) is 0 Å². The van der Waals surface area contributed by atoms with Crippen molar-refractivity contribution < 1.29 is 9.00 Å². The van der Waals surface area contributed by atoms with Crippen molar-refractivity contribution >= 4 is 27.4 Å². The number of halogens is 1. The first-order valence-electron chi connectivity index (χ1n) is 7.47. The first-order valence-corrected chi connectivity index (χ1v) is 9.32. The number of rotatable bonds is 3. The molecule has 0 saturated carbocycles. The Balaban J connectivity index is 2.06. The van der Waals surface area contributed by atoms with E-state index < -0.39 is 15.8 Å². The van der Waals surface area contributed by atoms with E-state index in [-0.39, 0.29) is 0 Å². The largest absolute Gasteiger partial charge is 0.286 e. The van der Waals surface area contributed by atoms with Gasteiger partial charge in [0.1, 0.15) is 9.92 Å². The van der Waals surface area contributed by atoms with Crippen molar-refractivity contribution in [3.63, 3.8) is 0 Å². The zero-order chi connectivity index (χ0) is 16.3. The average Bonchev–Trinajstić information content (AvgIpc) is 3.11. The van der Waals surface area contributed by atoms with Crippen LogP contribution in [0.3, 0.4) is 0 Å². The van der Waals surface area contributed by atoms with Crippen LogP contribution in [0.5, 0.6) is 0 Å². The van der Waals surface area contributed by atoms with Crippen LogP contribution < -0.4 is 0 Å². The van der Waals surface area contributed by atoms with Gasteiger partial charge in [0.05, 0.1) is 4.90 Å². The van der Waals surface area contributed by atoms with E-state index in [0.717, 1.165) is 12.8 Å². The highest BCUT2D eigenvalue weighted by atomic mass is 35.5. The van der Waals surface area contributed by atoms with E-state index in [1.54, 1.807) is 36.4 Å². The Kier molecular flexibility index (Phi) is 4.80. The van der Waals surface area contributed by atoms with Crippen molar-refractivity contribution in [1.29, 1.82) is 0 Å². The van der Waals surface area contributed by atoms with Gasteiger partial charge in [-0.25, -0.2) is 8.51 Å². The number of carbonyl (C=O) groups excluding carboxylic acids is 1. The number of hydrogen-bond acceptors (Lipinski definition) is 2. The Morgan fingerprint density at radius 3 is 2.22 bits per heavy atom. The van der Waals surface area contributed by atoms with Crippen molar-refractivity contribution in [3.05, 3.63) is 65.2 Å². The van der Waals surface area contributed by atoms with Crippen LogP contribution in [-0.4, -0.2) is 27.5 Å². The number of benzene rings is 2. The van der Waals surface area contributed by atoms with E-state index in [1.807, 2.05) is 22.5 Å². The lowest BCUT2D eigenvalue weighted by Crippen LogP contribution is -2.28. The summed E-state index contributed by atoms with van der Waals surface area (Å²) in [6, 6.07) is 15.5. The molecular formula is C17H17ClN2O2S. The molecule has 2 aromatic rings. The maximum absolute atomic E-state index is 13.6. The summed E-state index contributed by atoms with van der Waals surface area (Å²) in [4.78, 5) is 13.1. The van der Waals surface area contributed by atoms with E-state index >= 15 is 0 Å². The maximum Gasteiger partial charge on any atom is 0.286 e. The van der Waals surface area contributed by atoms with Gasteiger partial charge in [-0.15, -0.1) is 4.36 Å². The molecule has 4 nitrogen and oxygen atoms in total. The van der Waals surface area contributed by atoms with Crippen molar-refractivity contribution in [2.75, 3.05) is 13.1 Å². The van der Waals surface area contributed by atoms with Crippen LogP contribution in [0, 0.1) is 0 Å². The van der Waals surface area contributed by atoms with E-state index in [9.17, 15) is 9.00 Å². The summed E-state index contributed by atoms with van der Waals surface area (Å²) in [5, 5.41) is 0.546. The molecule has 1 saturated heterocycles. The first-order chi connectivity index (χ1) is 11.1. The summed E-state index contributed by atoms with van der Waals surface area (Å²) in [6.45, 7) is 1.37. The first kappa shape index (κ1) is 16.2. The molecule has 1 atom stereocenters. The fraction of sp³-hybridized carbons (Fsp3) is 0.235. The molecule has 3 rings (SSSR count). The molecule has 0 aliphatic carbocycles. The second-order valence-electron chi connectivity index (χ2n) is 5.35. The minimum Gasteiger partial charge on any atom is -0.266 e. The molecule has 0 spiro atoms. The topological polar surface area (TPSA) is 49.7 Å². The molecule has 1 aliphatic heterocycles. The Hall–Kier alpha value is -1.69. The summed E-state index contributed by atoms with van der Waals surface area (Å²) in [5.74, 6) is -0.484. The third-order valence-electron chi connectivity index (χ3n) is 3.76.